The van der Waals surface area contributed by atoms with Gasteiger partial charge in [0.05, 0.1) is 29.2 Å². The summed E-state index contributed by atoms with van der Waals surface area (Å²) in [5.74, 6) is 2.42. The molecule has 9 heteroatoms. The molecule has 0 saturated heterocycles. The van der Waals surface area contributed by atoms with Crippen LogP contribution in [-0.2, 0) is 0 Å². The van der Waals surface area contributed by atoms with Gasteiger partial charge in [-0.15, -0.1) is 0 Å². The van der Waals surface area contributed by atoms with Crippen LogP contribution in [0.25, 0.3) is 16.9 Å². The Balaban J connectivity index is 1.66. The highest BCUT2D eigenvalue weighted by Crippen LogP contribution is 2.44. The third-order valence-corrected chi connectivity index (χ3v) is 5.02. The molecule has 0 bridgehead atoms. The second kappa shape index (κ2) is 6.83. The number of hydrogen-bond acceptors (Lipinski definition) is 5. The quantitative estimate of drug-likeness (QED) is 0.518. The summed E-state index contributed by atoms with van der Waals surface area (Å²) in [6, 6.07) is 9.48. The first-order valence-electron chi connectivity index (χ1n) is 8.83. The van der Waals surface area contributed by atoms with Crippen LogP contribution in [0.15, 0.2) is 54.6 Å². The van der Waals surface area contributed by atoms with Crippen LogP contribution in [0.4, 0.5) is 18.9 Å². The molecule has 2 heterocycles. The van der Waals surface area contributed by atoms with Crippen molar-refractivity contribution in [1.29, 1.82) is 5.26 Å². The SMILES string of the molecule is N#Cc1ccn2c(-c3cc(N(N)/C=C(\N)C4CC(F)(F)C4)ccc3F)cnc2c1. The van der Waals surface area contributed by atoms with E-state index in [0.29, 0.717) is 22.6 Å². The van der Waals surface area contributed by atoms with Gasteiger partial charge in [-0.1, -0.05) is 0 Å². The van der Waals surface area contributed by atoms with Gasteiger partial charge in [0, 0.05) is 42.4 Å². The van der Waals surface area contributed by atoms with Crippen LogP contribution in [0, 0.1) is 23.1 Å². The molecular formula is C20H17F3N6. The van der Waals surface area contributed by atoms with Gasteiger partial charge in [0.2, 0.25) is 5.92 Å². The van der Waals surface area contributed by atoms with Gasteiger partial charge >= 0.3 is 0 Å². The zero-order chi connectivity index (χ0) is 20.8. The Morgan fingerprint density at radius 1 is 1.31 bits per heavy atom. The second-order valence-electron chi connectivity index (χ2n) is 7.06. The van der Waals surface area contributed by atoms with Crippen LogP contribution in [-0.4, -0.2) is 15.3 Å². The number of benzene rings is 1. The van der Waals surface area contributed by atoms with Crippen molar-refractivity contribution < 1.29 is 13.2 Å². The molecule has 4 rings (SSSR count). The van der Waals surface area contributed by atoms with Gasteiger partial charge in [-0.2, -0.15) is 5.26 Å². The number of alkyl halides is 2. The zero-order valence-electron chi connectivity index (χ0n) is 15.2. The molecule has 1 aliphatic rings. The topological polar surface area (TPSA) is 96.4 Å². The van der Waals surface area contributed by atoms with Crippen molar-refractivity contribution in [3.05, 3.63) is 66.0 Å². The molecule has 148 valence electrons. The van der Waals surface area contributed by atoms with Gasteiger partial charge < -0.3 is 5.73 Å². The molecule has 4 N–H and O–H groups in total. The molecule has 29 heavy (non-hydrogen) atoms. The molecular weight excluding hydrogens is 381 g/mol. The normalized spacial score (nSPS) is 16.4. The van der Waals surface area contributed by atoms with Crippen LogP contribution in [0.1, 0.15) is 18.4 Å². The van der Waals surface area contributed by atoms with Crippen molar-refractivity contribution in [2.75, 3.05) is 5.01 Å². The van der Waals surface area contributed by atoms with Crippen molar-refractivity contribution in [3.63, 3.8) is 0 Å². The minimum Gasteiger partial charge on any atom is -0.401 e. The Bertz CT molecular complexity index is 1150. The van der Waals surface area contributed by atoms with E-state index < -0.39 is 17.7 Å². The Morgan fingerprint density at radius 3 is 2.76 bits per heavy atom. The van der Waals surface area contributed by atoms with Crippen LogP contribution in [0.2, 0.25) is 0 Å². The highest BCUT2D eigenvalue weighted by Gasteiger charge is 2.46. The summed E-state index contributed by atoms with van der Waals surface area (Å²) in [7, 11) is 0. The number of anilines is 1. The van der Waals surface area contributed by atoms with E-state index in [1.807, 2.05) is 6.07 Å². The monoisotopic (exact) mass is 398 g/mol. The van der Waals surface area contributed by atoms with Gasteiger partial charge in [0.15, 0.2) is 0 Å². The van der Waals surface area contributed by atoms with Crippen LogP contribution < -0.4 is 16.6 Å². The number of halogens is 3. The lowest BCUT2D eigenvalue weighted by atomic mass is 9.79. The van der Waals surface area contributed by atoms with Gasteiger partial charge in [0.1, 0.15) is 11.5 Å². The highest BCUT2D eigenvalue weighted by molar-refractivity contribution is 5.69. The average molecular weight is 398 g/mol. The first-order chi connectivity index (χ1) is 13.8. The lowest BCUT2D eigenvalue weighted by molar-refractivity contribution is -0.0996. The van der Waals surface area contributed by atoms with Gasteiger partial charge in [-0.05, 0) is 30.3 Å². The number of nitrogens with zero attached hydrogens (tertiary/aromatic N) is 4. The molecule has 0 amide bonds. The predicted octanol–water partition coefficient (Wildman–Crippen LogP) is 3.54. The fourth-order valence-corrected chi connectivity index (χ4v) is 3.36. The number of pyridine rings is 1. The van der Waals surface area contributed by atoms with Crippen LogP contribution >= 0.6 is 0 Å². The third kappa shape index (κ3) is 3.50. The molecule has 0 aliphatic heterocycles. The fourth-order valence-electron chi connectivity index (χ4n) is 3.36. The van der Waals surface area contributed by atoms with E-state index in [-0.39, 0.29) is 24.1 Å². The molecule has 0 spiro atoms. The predicted molar refractivity (Wildman–Crippen MR) is 102 cm³/mol. The van der Waals surface area contributed by atoms with Gasteiger partial charge in [-0.3, -0.25) is 9.41 Å². The third-order valence-electron chi connectivity index (χ3n) is 5.02. The van der Waals surface area contributed by atoms with Crippen molar-refractivity contribution >= 4 is 11.3 Å². The van der Waals surface area contributed by atoms with E-state index in [0.717, 1.165) is 0 Å². The average Bonchev–Trinajstić information content (AvgIpc) is 3.09. The molecule has 0 atom stereocenters. The van der Waals surface area contributed by atoms with E-state index in [1.165, 1.54) is 35.6 Å². The standard InChI is InChI=1S/C20H17F3N6/c21-16-2-1-14(29(26)11-17(25)13-7-20(22,23)8-13)6-15(16)18-10-27-19-5-12(9-24)3-4-28(18)19/h1-6,10-11,13H,7-8,25-26H2/b17-11-. The molecule has 2 aromatic heterocycles. The fraction of sp³-hybridized carbons (Fsp3) is 0.200. The molecule has 1 saturated carbocycles. The van der Waals surface area contributed by atoms with E-state index in [1.54, 1.807) is 22.7 Å². The molecule has 1 aliphatic carbocycles. The number of nitrogens with two attached hydrogens (primary N) is 2. The zero-order valence-corrected chi connectivity index (χ0v) is 15.2. The summed E-state index contributed by atoms with van der Waals surface area (Å²) < 4.78 is 42.3. The van der Waals surface area contributed by atoms with E-state index in [2.05, 4.69) is 4.98 Å². The summed E-state index contributed by atoms with van der Waals surface area (Å²) in [6.07, 6.45) is 3.91. The molecule has 6 nitrogen and oxygen atoms in total. The molecule has 0 radical (unpaired) electrons. The highest BCUT2D eigenvalue weighted by atomic mass is 19.3. The van der Waals surface area contributed by atoms with E-state index in [9.17, 15) is 13.2 Å². The Hall–Kier alpha value is -3.51. The first kappa shape index (κ1) is 18.8. The van der Waals surface area contributed by atoms with Crippen LogP contribution in [0.3, 0.4) is 0 Å². The Labute approximate surface area is 164 Å². The largest absolute Gasteiger partial charge is 0.401 e. The summed E-state index contributed by atoms with van der Waals surface area (Å²) in [5.41, 5.74) is 8.25. The van der Waals surface area contributed by atoms with Crippen LogP contribution in [0.5, 0.6) is 0 Å². The van der Waals surface area contributed by atoms with Crippen molar-refractivity contribution in [2.24, 2.45) is 17.5 Å². The number of rotatable bonds is 4. The number of fused-ring (bicyclic) bond motifs is 1. The van der Waals surface area contributed by atoms with Crippen molar-refractivity contribution in [1.82, 2.24) is 9.38 Å². The van der Waals surface area contributed by atoms with Crippen molar-refractivity contribution in [3.8, 4) is 17.3 Å². The number of hydrazine groups is 1. The Kier molecular flexibility index (Phi) is 4.43. The van der Waals surface area contributed by atoms with E-state index >= 15 is 0 Å². The number of allylic oxidation sites excluding steroid dienone is 1. The minimum atomic E-state index is -2.68. The van der Waals surface area contributed by atoms with E-state index in [4.69, 9.17) is 16.8 Å². The first-order valence-corrected chi connectivity index (χ1v) is 8.83. The maximum Gasteiger partial charge on any atom is 0.249 e. The Morgan fingerprint density at radius 2 is 2.07 bits per heavy atom. The molecule has 3 aromatic rings. The smallest absolute Gasteiger partial charge is 0.249 e. The number of imidazole rings is 1. The van der Waals surface area contributed by atoms with Gasteiger partial charge in [0.25, 0.3) is 0 Å². The molecule has 0 unspecified atom stereocenters. The van der Waals surface area contributed by atoms with Crippen molar-refractivity contribution in [2.45, 2.75) is 18.8 Å². The minimum absolute atomic E-state index is 0.248. The lowest BCUT2D eigenvalue weighted by Crippen LogP contribution is -2.39. The molecule has 1 aromatic carbocycles. The summed E-state index contributed by atoms with van der Waals surface area (Å²) in [5, 5.41) is 10.2. The lowest BCUT2D eigenvalue weighted by Gasteiger charge is -2.35. The maximum absolute atomic E-state index is 14.5. The number of nitriles is 1. The van der Waals surface area contributed by atoms with Gasteiger partial charge in [-0.25, -0.2) is 24.0 Å². The number of aromatic nitrogens is 2. The number of hydrogen-bond donors (Lipinski definition) is 2. The maximum atomic E-state index is 14.5. The second-order valence-corrected chi connectivity index (χ2v) is 7.06. The summed E-state index contributed by atoms with van der Waals surface area (Å²) in [4.78, 5) is 4.22. The summed E-state index contributed by atoms with van der Waals surface area (Å²) >= 11 is 0. The molecule has 1 fully saturated rings. The summed E-state index contributed by atoms with van der Waals surface area (Å²) in [6.45, 7) is 0.